The molecule has 1 aliphatic heterocycles. The van der Waals surface area contributed by atoms with E-state index in [9.17, 15) is 8.42 Å². The summed E-state index contributed by atoms with van der Waals surface area (Å²) in [6, 6.07) is 0.0192. The Hall–Kier alpha value is -0.960. The van der Waals surface area contributed by atoms with Gasteiger partial charge in [-0.1, -0.05) is 0 Å². The smallest absolute Gasteiger partial charge is 0.244 e. The number of aromatic nitrogens is 2. The van der Waals surface area contributed by atoms with Crippen LogP contribution < -0.4 is 10.0 Å². The second-order valence-electron chi connectivity index (χ2n) is 3.94. The fraction of sp³-hybridized carbons (Fsp3) is 0.667. The predicted octanol–water partition coefficient (Wildman–Crippen LogP) is -1.02. The largest absolute Gasteiger partial charge is 0.378 e. The zero-order chi connectivity index (χ0) is 12.3. The number of rotatable bonds is 4. The van der Waals surface area contributed by atoms with Gasteiger partial charge < -0.3 is 10.1 Å². The second kappa shape index (κ2) is 5.13. The zero-order valence-corrected chi connectivity index (χ0v) is 10.4. The molecule has 96 valence electrons. The summed E-state index contributed by atoms with van der Waals surface area (Å²) in [6.07, 6.45) is 1.31. The average molecular weight is 260 g/mol. The molecule has 2 rings (SSSR count). The number of nitrogens with one attached hydrogen (secondary N) is 3. The molecule has 0 amide bonds. The molecule has 0 aromatic carbocycles. The maximum atomic E-state index is 11.9. The third-order valence-corrected chi connectivity index (χ3v) is 4.13. The molecule has 0 saturated carbocycles. The summed E-state index contributed by atoms with van der Waals surface area (Å²) < 4.78 is 31.6. The Morgan fingerprint density at radius 2 is 2.47 bits per heavy atom. The van der Waals surface area contributed by atoms with Gasteiger partial charge in [0, 0.05) is 19.1 Å². The molecule has 7 nitrogen and oxygen atoms in total. The lowest BCUT2D eigenvalue weighted by atomic mass is 10.3. The van der Waals surface area contributed by atoms with Crippen LogP contribution in [0.2, 0.25) is 0 Å². The van der Waals surface area contributed by atoms with Gasteiger partial charge in [0.1, 0.15) is 4.90 Å². The lowest BCUT2D eigenvalue weighted by Crippen LogP contribution is -2.48. The molecule has 0 aliphatic carbocycles. The van der Waals surface area contributed by atoms with E-state index in [1.807, 2.05) is 0 Å². The van der Waals surface area contributed by atoms with Crippen LogP contribution in [0.15, 0.2) is 11.1 Å². The van der Waals surface area contributed by atoms with Crippen LogP contribution in [0, 0.1) is 6.92 Å². The number of sulfonamides is 1. The Bertz CT molecular complexity index is 464. The summed E-state index contributed by atoms with van der Waals surface area (Å²) in [7, 11) is -3.49. The lowest BCUT2D eigenvalue weighted by Gasteiger charge is -2.23. The summed E-state index contributed by atoms with van der Waals surface area (Å²) in [6.45, 7) is 3.92. The number of nitrogens with zero attached hydrogens (tertiary/aromatic N) is 1. The SMILES string of the molecule is Cc1[nH]ncc1S(=O)(=O)NCC1COCCN1. The van der Waals surface area contributed by atoms with Crippen molar-refractivity contribution in [2.45, 2.75) is 17.9 Å². The summed E-state index contributed by atoms with van der Waals surface area (Å²) in [4.78, 5) is 0.189. The van der Waals surface area contributed by atoms with Crippen LogP contribution >= 0.6 is 0 Å². The molecule has 1 aliphatic rings. The highest BCUT2D eigenvalue weighted by molar-refractivity contribution is 7.89. The van der Waals surface area contributed by atoms with Crippen molar-refractivity contribution in [1.82, 2.24) is 20.2 Å². The Kier molecular flexibility index (Phi) is 3.77. The number of H-pyrrole nitrogens is 1. The molecule has 0 radical (unpaired) electrons. The molecule has 1 saturated heterocycles. The second-order valence-corrected chi connectivity index (χ2v) is 5.67. The van der Waals surface area contributed by atoms with Crippen LogP contribution in [-0.4, -0.2) is 51.0 Å². The molecule has 1 aromatic rings. The number of aromatic amines is 1. The number of hydrogen-bond donors (Lipinski definition) is 3. The highest BCUT2D eigenvalue weighted by Crippen LogP contribution is 2.10. The van der Waals surface area contributed by atoms with Crippen LogP contribution in [0.4, 0.5) is 0 Å². The number of hydrogen-bond acceptors (Lipinski definition) is 5. The molecule has 3 N–H and O–H groups in total. The van der Waals surface area contributed by atoms with Crippen LogP contribution in [0.3, 0.4) is 0 Å². The van der Waals surface area contributed by atoms with Crippen molar-refractivity contribution in [3.05, 3.63) is 11.9 Å². The quantitative estimate of drug-likeness (QED) is 0.644. The summed E-state index contributed by atoms with van der Waals surface area (Å²) in [5.41, 5.74) is 0.533. The van der Waals surface area contributed by atoms with Gasteiger partial charge in [0.25, 0.3) is 0 Å². The van der Waals surface area contributed by atoms with Gasteiger partial charge in [-0.3, -0.25) is 5.10 Å². The highest BCUT2D eigenvalue weighted by Gasteiger charge is 2.21. The van der Waals surface area contributed by atoms with Crippen molar-refractivity contribution in [1.29, 1.82) is 0 Å². The zero-order valence-electron chi connectivity index (χ0n) is 9.56. The Labute approximate surface area is 100.0 Å². The third kappa shape index (κ3) is 3.03. The highest BCUT2D eigenvalue weighted by atomic mass is 32.2. The summed E-state index contributed by atoms with van der Waals surface area (Å²) >= 11 is 0. The molecule has 17 heavy (non-hydrogen) atoms. The van der Waals surface area contributed by atoms with E-state index >= 15 is 0 Å². The molecule has 1 atom stereocenters. The maximum absolute atomic E-state index is 11.9. The Balaban J connectivity index is 1.96. The average Bonchev–Trinajstić information content (AvgIpc) is 2.75. The fourth-order valence-electron chi connectivity index (χ4n) is 1.65. The van der Waals surface area contributed by atoms with Gasteiger partial charge in [-0.2, -0.15) is 5.10 Å². The molecule has 1 fully saturated rings. The van der Waals surface area contributed by atoms with Crippen molar-refractivity contribution in [3.8, 4) is 0 Å². The Morgan fingerprint density at radius 3 is 3.06 bits per heavy atom. The van der Waals surface area contributed by atoms with E-state index in [2.05, 4.69) is 20.2 Å². The molecule has 0 bridgehead atoms. The minimum Gasteiger partial charge on any atom is -0.378 e. The van der Waals surface area contributed by atoms with Gasteiger partial charge in [-0.05, 0) is 6.92 Å². The van der Waals surface area contributed by atoms with Gasteiger partial charge in [0.05, 0.1) is 25.1 Å². The van der Waals surface area contributed by atoms with Gasteiger partial charge >= 0.3 is 0 Å². The minimum absolute atomic E-state index is 0.0192. The number of morpholine rings is 1. The third-order valence-electron chi connectivity index (χ3n) is 2.59. The first-order valence-electron chi connectivity index (χ1n) is 5.40. The van der Waals surface area contributed by atoms with E-state index in [4.69, 9.17) is 4.74 Å². The van der Waals surface area contributed by atoms with Crippen LogP contribution in [-0.2, 0) is 14.8 Å². The van der Waals surface area contributed by atoms with Crippen molar-refractivity contribution >= 4 is 10.0 Å². The van der Waals surface area contributed by atoms with Crippen molar-refractivity contribution in [3.63, 3.8) is 0 Å². The topological polar surface area (TPSA) is 96.1 Å². The Morgan fingerprint density at radius 1 is 1.65 bits per heavy atom. The van der Waals surface area contributed by atoms with Crippen LogP contribution in [0.1, 0.15) is 5.69 Å². The number of ether oxygens (including phenoxy) is 1. The van der Waals surface area contributed by atoms with Gasteiger partial charge in [0.15, 0.2) is 0 Å². The van der Waals surface area contributed by atoms with E-state index < -0.39 is 10.0 Å². The van der Waals surface area contributed by atoms with E-state index in [1.54, 1.807) is 6.92 Å². The molecule has 2 heterocycles. The first-order chi connectivity index (χ1) is 8.09. The van der Waals surface area contributed by atoms with Crippen LogP contribution in [0.25, 0.3) is 0 Å². The monoisotopic (exact) mass is 260 g/mol. The lowest BCUT2D eigenvalue weighted by molar-refractivity contribution is 0.0784. The number of aryl methyl sites for hydroxylation is 1. The predicted molar refractivity (Wildman–Crippen MR) is 61.1 cm³/mol. The van der Waals surface area contributed by atoms with Crippen molar-refractivity contribution in [2.24, 2.45) is 0 Å². The van der Waals surface area contributed by atoms with Gasteiger partial charge in [-0.25, -0.2) is 13.1 Å². The summed E-state index contributed by atoms with van der Waals surface area (Å²) in [5.74, 6) is 0. The molecular weight excluding hydrogens is 244 g/mol. The van der Waals surface area contributed by atoms with E-state index in [0.29, 0.717) is 25.5 Å². The minimum atomic E-state index is -3.49. The van der Waals surface area contributed by atoms with Crippen LogP contribution in [0.5, 0.6) is 0 Å². The fourth-order valence-corrected chi connectivity index (χ4v) is 2.87. The standard InChI is InChI=1S/C9H16N4O3S/c1-7-9(5-11-13-7)17(14,15)12-4-8-6-16-3-2-10-8/h5,8,10,12H,2-4,6H2,1H3,(H,11,13). The van der Waals surface area contributed by atoms with E-state index in [-0.39, 0.29) is 10.9 Å². The molecular formula is C9H16N4O3S. The van der Waals surface area contributed by atoms with Gasteiger partial charge in [-0.15, -0.1) is 0 Å². The normalized spacial score (nSPS) is 21.6. The first kappa shape index (κ1) is 12.5. The van der Waals surface area contributed by atoms with E-state index in [0.717, 1.165) is 6.54 Å². The molecule has 8 heteroatoms. The molecule has 1 aromatic heterocycles. The van der Waals surface area contributed by atoms with Crippen molar-refractivity contribution in [2.75, 3.05) is 26.3 Å². The molecule has 1 unspecified atom stereocenters. The summed E-state index contributed by atoms with van der Waals surface area (Å²) in [5, 5.41) is 9.48. The van der Waals surface area contributed by atoms with E-state index in [1.165, 1.54) is 6.20 Å². The van der Waals surface area contributed by atoms with Gasteiger partial charge in [0.2, 0.25) is 10.0 Å². The molecule has 0 spiro atoms. The maximum Gasteiger partial charge on any atom is 0.244 e. The van der Waals surface area contributed by atoms with Crippen molar-refractivity contribution < 1.29 is 13.2 Å². The first-order valence-corrected chi connectivity index (χ1v) is 6.88.